The van der Waals surface area contributed by atoms with Gasteiger partial charge in [0.25, 0.3) is 0 Å². The second-order valence-corrected chi connectivity index (χ2v) is 8.94. The second-order valence-electron chi connectivity index (χ2n) is 8.94. The summed E-state index contributed by atoms with van der Waals surface area (Å²) in [5, 5.41) is 2.89. The Morgan fingerprint density at radius 3 is 2.78 bits per heavy atom. The van der Waals surface area contributed by atoms with Crippen LogP contribution in [0.25, 0.3) is 32.9 Å². The van der Waals surface area contributed by atoms with E-state index in [1.165, 1.54) is 0 Å². The van der Waals surface area contributed by atoms with Gasteiger partial charge in [-0.2, -0.15) is 0 Å². The Balaban J connectivity index is 1.40. The molecule has 0 saturated heterocycles. The number of aromatic nitrogens is 1. The Hall–Kier alpha value is -4.36. The van der Waals surface area contributed by atoms with Crippen molar-refractivity contribution in [2.24, 2.45) is 0 Å². The Labute approximate surface area is 214 Å². The van der Waals surface area contributed by atoms with E-state index in [0.29, 0.717) is 24.8 Å². The number of nitrogen functional groups attached to an aromatic ring is 1. The van der Waals surface area contributed by atoms with E-state index in [4.69, 9.17) is 24.4 Å². The summed E-state index contributed by atoms with van der Waals surface area (Å²) in [5.41, 5.74) is 10.6. The van der Waals surface area contributed by atoms with Crippen molar-refractivity contribution in [1.82, 2.24) is 4.98 Å². The molecule has 7 heteroatoms. The van der Waals surface area contributed by atoms with E-state index in [9.17, 15) is 4.79 Å². The van der Waals surface area contributed by atoms with Crippen LogP contribution in [0, 0.1) is 0 Å². The van der Waals surface area contributed by atoms with Gasteiger partial charge >= 0.3 is 5.97 Å². The Morgan fingerprint density at radius 1 is 1.05 bits per heavy atom. The number of carbonyl (C=O) groups is 1. The van der Waals surface area contributed by atoms with Gasteiger partial charge in [0.2, 0.25) is 0 Å². The van der Waals surface area contributed by atoms with Crippen LogP contribution in [-0.4, -0.2) is 30.8 Å². The lowest BCUT2D eigenvalue weighted by atomic mass is 9.98. The molecule has 1 atom stereocenters. The fourth-order valence-corrected chi connectivity index (χ4v) is 4.44. The van der Waals surface area contributed by atoms with Gasteiger partial charge in [0, 0.05) is 35.2 Å². The molecule has 2 aromatic heterocycles. The molecule has 0 aliphatic heterocycles. The molecule has 0 radical (unpaired) electrons. The number of pyridine rings is 1. The third-order valence-corrected chi connectivity index (χ3v) is 6.15. The number of nitrogens with zero attached hydrogens (tertiary/aromatic N) is 1. The molecule has 2 heterocycles. The maximum absolute atomic E-state index is 12.4. The number of hydrogen-bond acceptors (Lipinski definition) is 7. The van der Waals surface area contributed by atoms with Crippen LogP contribution in [0.2, 0.25) is 0 Å². The maximum Gasteiger partial charge on any atom is 0.310 e. The minimum atomic E-state index is -0.326. The van der Waals surface area contributed by atoms with E-state index in [0.717, 1.165) is 44.0 Å². The van der Waals surface area contributed by atoms with Gasteiger partial charge in [-0.15, -0.1) is 0 Å². The van der Waals surface area contributed by atoms with Crippen LogP contribution in [0.3, 0.4) is 0 Å². The zero-order valence-electron chi connectivity index (χ0n) is 20.8. The van der Waals surface area contributed by atoms with Gasteiger partial charge in [0.15, 0.2) is 0 Å². The fourth-order valence-electron chi connectivity index (χ4n) is 4.44. The number of para-hydroxylation sites is 1. The van der Waals surface area contributed by atoms with E-state index in [-0.39, 0.29) is 18.5 Å². The highest BCUT2D eigenvalue weighted by atomic mass is 16.6. The number of rotatable bonds is 9. The quantitative estimate of drug-likeness (QED) is 0.253. The van der Waals surface area contributed by atoms with Crippen molar-refractivity contribution in [3.05, 3.63) is 90.3 Å². The summed E-state index contributed by atoms with van der Waals surface area (Å²) in [7, 11) is 1.58. The SMILES string of the molecule is COCC(C)OC(=O)Cc1ccccc1OCc1cc(-c2ccc3ccnc(N)c3c2)c2occc2c1. The number of ether oxygens (including phenoxy) is 3. The third-order valence-electron chi connectivity index (χ3n) is 6.15. The largest absolute Gasteiger partial charge is 0.489 e. The lowest BCUT2D eigenvalue weighted by Gasteiger charge is -2.15. The third kappa shape index (κ3) is 5.42. The van der Waals surface area contributed by atoms with Gasteiger partial charge in [0.05, 0.1) is 19.3 Å². The number of hydrogen-bond donors (Lipinski definition) is 1. The number of fused-ring (bicyclic) bond motifs is 2. The van der Waals surface area contributed by atoms with Gasteiger partial charge in [-0.25, -0.2) is 4.98 Å². The summed E-state index contributed by atoms with van der Waals surface area (Å²) in [5.74, 6) is 0.797. The van der Waals surface area contributed by atoms with Gasteiger partial charge in [-0.3, -0.25) is 4.79 Å². The zero-order chi connectivity index (χ0) is 25.8. The minimum absolute atomic E-state index is 0.114. The van der Waals surface area contributed by atoms with Crippen LogP contribution >= 0.6 is 0 Å². The molecule has 2 N–H and O–H groups in total. The highest BCUT2D eigenvalue weighted by Gasteiger charge is 2.15. The Bertz CT molecular complexity index is 1560. The molecule has 0 amide bonds. The zero-order valence-corrected chi connectivity index (χ0v) is 20.8. The number of esters is 1. The van der Waals surface area contributed by atoms with Crippen molar-refractivity contribution in [3.63, 3.8) is 0 Å². The van der Waals surface area contributed by atoms with Gasteiger partial charge in [0.1, 0.15) is 29.9 Å². The molecule has 0 spiro atoms. The predicted molar refractivity (Wildman–Crippen MR) is 143 cm³/mol. The number of benzene rings is 3. The fraction of sp³-hybridized carbons (Fsp3) is 0.200. The molecule has 0 aliphatic carbocycles. The highest BCUT2D eigenvalue weighted by Crippen LogP contribution is 2.34. The lowest BCUT2D eigenvalue weighted by molar-refractivity contribution is -0.149. The topological polar surface area (TPSA) is 96.8 Å². The first-order chi connectivity index (χ1) is 18.0. The number of furan rings is 1. The molecule has 7 nitrogen and oxygen atoms in total. The van der Waals surface area contributed by atoms with Crippen LogP contribution < -0.4 is 10.5 Å². The summed E-state index contributed by atoms with van der Waals surface area (Å²) >= 11 is 0. The first-order valence-electron chi connectivity index (χ1n) is 12.1. The normalized spacial score (nSPS) is 12.1. The molecule has 3 aromatic carbocycles. The van der Waals surface area contributed by atoms with Crippen LogP contribution in [0.15, 0.2) is 83.6 Å². The number of nitrogens with two attached hydrogens (primary N) is 1. The van der Waals surface area contributed by atoms with Gasteiger partial charge in [-0.05, 0) is 59.8 Å². The van der Waals surface area contributed by atoms with Crippen LogP contribution in [0.4, 0.5) is 5.82 Å². The van der Waals surface area contributed by atoms with Crippen LogP contribution in [-0.2, 0) is 27.3 Å². The first kappa shape index (κ1) is 24.3. The number of anilines is 1. The molecule has 0 saturated carbocycles. The van der Waals surface area contributed by atoms with Crippen molar-refractivity contribution < 1.29 is 23.4 Å². The van der Waals surface area contributed by atoms with Crippen molar-refractivity contribution >= 4 is 33.5 Å². The molecule has 188 valence electrons. The Morgan fingerprint density at radius 2 is 1.92 bits per heavy atom. The van der Waals surface area contributed by atoms with Crippen molar-refractivity contribution in [2.75, 3.05) is 19.5 Å². The summed E-state index contributed by atoms with van der Waals surface area (Å²) in [4.78, 5) is 16.6. The molecule has 0 bridgehead atoms. The van der Waals surface area contributed by atoms with Crippen molar-refractivity contribution in [2.45, 2.75) is 26.1 Å². The molecule has 5 aromatic rings. The van der Waals surface area contributed by atoms with E-state index < -0.39 is 0 Å². The van der Waals surface area contributed by atoms with Gasteiger partial charge < -0.3 is 24.4 Å². The van der Waals surface area contributed by atoms with E-state index in [1.54, 1.807) is 26.5 Å². The maximum atomic E-state index is 12.4. The summed E-state index contributed by atoms with van der Waals surface area (Å²) < 4.78 is 22.5. The molecule has 37 heavy (non-hydrogen) atoms. The van der Waals surface area contributed by atoms with E-state index in [1.807, 2.05) is 54.6 Å². The molecular formula is C30H28N2O5. The van der Waals surface area contributed by atoms with Crippen LogP contribution in [0.5, 0.6) is 5.75 Å². The summed E-state index contributed by atoms with van der Waals surface area (Å²) in [6.07, 6.45) is 3.19. The van der Waals surface area contributed by atoms with E-state index in [2.05, 4.69) is 17.1 Å². The standard InChI is InChI=1S/C30H28N2O5/c1-19(17-34-2)37-28(33)16-23-5-3-4-6-27(23)36-18-20-13-24-10-12-35-29(24)25(14-20)22-8-7-21-9-11-32-30(31)26(21)15-22/h3-15,19H,16-18H2,1-2H3,(H2,31,32). The van der Waals surface area contributed by atoms with E-state index >= 15 is 0 Å². The second kappa shape index (κ2) is 10.7. The minimum Gasteiger partial charge on any atom is -0.489 e. The molecule has 0 fully saturated rings. The highest BCUT2D eigenvalue weighted by molar-refractivity contribution is 5.99. The van der Waals surface area contributed by atoms with Crippen molar-refractivity contribution in [3.8, 4) is 16.9 Å². The summed E-state index contributed by atoms with van der Waals surface area (Å²) in [6, 6.07) is 21.6. The predicted octanol–water partition coefficient (Wildman–Crippen LogP) is 5.93. The van der Waals surface area contributed by atoms with Crippen LogP contribution in [0.1, 0.15) is 18.1 Å². The summed E-state index contributed by atoms with van der Waals surface area (Å²) in [6.45, 7) is 2.47. The number of methoxy groups -OCH3 is 1. The molecular weight excluding hydrogens is 468 g/mol. The monoisotopic (exact) mass is 496 g/mol. The molecule has 1 unspecified atom stereocenters. The average Bonchev–Trinajstić information content (AvgIpc) is 3.37. The smallest absolute Gasteiger partial charge is 0.310 e. The number of carbonyl (C=O) groups excluding carboxylic acids is 1. The van der Waals surface area contributed by atoms with Gasteiger partial charge in [-0.1, -0.05) is 30.3 Å². The molecule has 5 rings (SSSR count). The van der Waals surface area contributed by atoms with Crippen molar-refractivity contribution in [1.29, 1.82) is 0 Å². The molecule has 0 aliphatic rings. The lowest BCUT2D eigenvalue weighted by Crippen LogP contribution is -2.21. The first-order valence-corrected chi connectivity index (χ1v) is 12.1. The Kier molecular flexibility index (Phi) is 7.05. The average molecular weight is 497 g/mol.